The average Bonchev–Trinajstić information content (AvgIpc) is 2.81. The molecule has 0 saturated carbocycles. The second-order valence-corrected chi connectivity index (χ2v) is 7.21. The van der Waals surface area contributed by atoms with Crippen LogP contribution in [0.5, 0.6) is 5.75 Å². The van der Waals surface area contributed by atoms with Gasteiger partial charge in [-0.2, -0.15) is 0 Å². The molecule has 5 nitrogen and oxygen atoms in total. The van der Waals surface area contributed by atoms with Crippen molar-refractivity contribution in [3.63, 3.8) is 0 Å². The predicted octanol–water partition coefficient (Wildman–Crippen LogP) is 6.32. The van der Waals surface area contributed by atoms with Crippen LogP contribution in [0.4, 0.5) is 5.69 Å². The Labute approximate surface area is 189 Å². The van der Waals surface area contributed by atoms with Gasteiger partial charge in [-0.3, -0.25) is 20.0 Å². The van der Waals surface area contributed by atoms with Crippen molar-refractivity contribution in [3.8, 4) is 5.75 Å². The van der Waals surface area contributed by atoms with Crippen molar-refractivity contribution in [2.75, 3.05) is 0 Å². The SMILES string of the molecule is C=C/C(=C\C=C(/C)Oc1ccc(N=Cc2ccc(C)cn2)cc1)N=Cc1ccc(C)cn1. The van der Waals surface area contributed by atoms with Gasteiger partial charge in [-0.05, 0) is 86.5 Å². The van der Waals surface area contributed by atoms with E-state index in [0.717, 1.165) is 39.7 Å². The van der Waals surface area contributed by atoms with Crippen LogP contribution in [0.2, 0.25) is 0 Å². The first-order valence-corrected chi connectivity index (χ1v) is 10.2. The summed E-state index contributed by atoms with van der Waals surface area (Å²) >= 11 is 0. The van der Waals surface area contributed by atoms with Gasteiger partial charge in [-0.1, -0.05) is 18.7 Å². The van der Waals surface area contributed by atoms with E-state index in [2.05, 4.69) is 26.5 Å². The molecule has 2 aromatic heterocycles. The molecule has 3 aromatic rings. The molecule has 0 bridgehead atoms. The molecule has 160 valence electrons. The van der Waals surface area contributed by atoms with Crippen molar-refractivity contribution in [3.05, 3.63) is 120 Å². The lowest BCUT2D eigenvalue weighted by molar-refractivity contribution is 0.428. The second-order valence-electron chi connectivity index (χ2n) is 7.21. The smallest absolute Gasteiger partial charge is 0.127 e. The van der Waals surface area contributed by atoms with Crippen molar-refractivity contribution in [1.82, 2.24) is 9.97 Å². The second kappa shape index (κ2) is 11.3. The van der Waals surface area contributed by atoms with Crippen LogP contribution in [-0.4, -0.2) is 22.4 Å². The van der Waals surface area contributed by atoms with E-state index in [9.17, 15) is 0 Å². The summed E-state index contributed by atoms with van der Waals surface area (Å²) in [4.78, 5) is 17.5. The first kappa shape index (κ1) is 22.6. The minimum atomic E-state index is 0.713. The van der Waals surface area contributed by atoms with Gasteiger partial charge in [0.2, 0.25) is 0 Å². The number of aryl methyl sites for hydroxylation is 2. The van der Waals surface area contributed by atoms with E-state index in [1.807, 2.05) is 93.8 Å². The quantitative estimate of drug-likeness (QED) is 0.243. The molecular weight excluding hydrogens is 396 g/mol. The van der Waals surface area contributed by atoms with Crippen LogP contribution in [0.1, 0.15) is 29.4 Å². The molecule has 2 heterocycles. The van der Waals surface area contributed by atoms with Crippen LogP contribution < -0.4 is 4.74 Å². The molecule has 0 amide bonds. The fourth-order valence-corrected chi connectivity index (χ4v) is 2.58. The predicted molar refractivity (Wildman–Crippen MR) is 132 cm³/mol. The Morgan fingerprint density at radius 2 is 1.47 bits per heavy atom. The highest BCUT2D eigenvalue weighted by Gasteiger charge is 1.97. The zero-order valence-corrected chi connectivity index (χ0v) is 18.6. The Bertz CT molecular complexity index is 1150. The summed E-state index contributed by atoms with van der Waals surface area (Å²) in [6.07, 6.45) is 12.5. The monoisotopic (exact) mass is 422 g/mol. The van der Waals surface area contributed by atoms with Gasteiger partial charge in [0, 0.05) is 12.4 Å². The molecular formula is C27H26N4O. The Morgan fingerprint density at radius 1 is 0.844 bits per heavy atom. The number of rotatable bonds is 8. The third-order valence-electron chi connectivity index (χ3n) is 4.37. The summed E-state index contributed by atoms with van der Waals surface area (Å²) in [6.45, 7) is 9.71. The molecule has 0 aliphatic heterocycles. The topological polar surface area (TPSA) is 59.7 Å². The van der Waals surface area contributed by atoms with E-state index >= 15 is 0 Å². The maximum atomic E-state index is 5.87. The van der Waals surface area contributed by atoms with Gasteiger partial charge >= 0.3 is 0 Å². The van der Waals surface area contributed by atoms with Crippen molar-refractivity contribution in [1.29, 1.82) is 0 Å². The molecule has 0 atom stereocenters. The highest BCUT2D eigenvalue weighted by Crippen LogP contribution is 2.20. The number of ether oxygens (including phenoxy) is 1. The maximum Gasteiger partial charge on any atom is 0.127 e. The standard InChI is InChI=1S/C27H26N4O/c1-5-23(30-18-25-9-6-20(2)16-28-25)11-8-22(4)32-27-14-12-24(13-15-27)31-19-26-10-7-21(3)17-29-26/h5-19H,1H2,2-4H3/b22-8+,23-11+,30-18?,31-19?. The number of hydrogen-bond donors (Lipinski definition) is 0. The van der Waals surface area contributed by atoms with Crippen molar-refractivity contribution in [2.45, 2.75) is 20.8 Å². The largest absolute Gasteiger partial charge is 0.462 e. The third-order valence-corrected chi connectivity index (χ3v) is 4.37. The van der Waals surface area contributed by atoms with Crippen molar-refractivity contribution < 1.29 is 4.74 Å². The van der Waals surface area contributed by atoms with E-state index in [4.69, 9.17) is 4.74 Å². The third kappa shape index (κ3) is 7.29. The summed E-state index contributed by atoms with van der Waals surface area (Å²) in [5.74, 6) is 1.46. The van der Waals surface area contributed by atoms with Crippen molar-refractivity contribution >= 4 is 18.1 Å². The van der Waals surface area contributed by atoms with E-state index in [1.165, 1.54) is 0 Å². The van der Waals surface area contributed by atoms with E-state index in [1.54, 1.807) is 18.5 Å². The zero-order valence-electron chi connectivity index (χ0n) is 18.6. The van der Waals surface area contributed by atoms with Crippen molar-refractivity contribution in [2.24, 2.45) is 9.98 Å². The van der Waals surface area contributed by atoms with Gasteiger partial charge in [-0.25, -0.2) is 0 Å². The van der Waals surface area contributed by atoms with Crippen LogP contribution in [0.25, 0.3) is 0 Å². The number of aromatic nitrogens is 2. The van der Waals surface area contributed by atoms with E-state index in [-0.39, 0.29) is 0 Å². The van der Waals surface area contributed by atoms with Gasteiger partial charge in [0.1, 0.15) is 11.5 Å². The molecule has 0 spiro atoms. The molecule has 1 aromatic carbocycles. The Kier molecular flexibility index (Phi) is 7.98. The number of benzene rings is 1. The molecule has 0 N–H and O–H groups in total. The molecule has 0 fully saturated rings. The molecule has 3 rings (SSSR count). The first-order valence-electron chi connectivity index (χ1n) is 10.2. The average molecular weight is 423 g/mol. The first-order chi connectivity index (χ1) is 15.5. The van der Waals surface area contributed by atoms with Crippen LogP contribution in [0.15, 0.2) is 107 Å². The van der Waals surface area contributed by atoms with Gasteiger partial charge in [-0.15, -0.1) is 0 Å². The Morgan fingerprint density at radius 3 is 2.03 bits per heavy atom. The highest BCUT2D eigenvalue weighted by molar-refractivity contribution is 5.79. The van der Waals surface area contributed by atoms with Crippen LogP contribution in [-0.2, 0) is 0 Å². The highest BCUT2D eigenvalue weighted by atomic mass is 16.5. The Balaban J connectivity index is 1.59. The minimum Gasteiger partial charge on any atom is -0.462 e. The number of pyridine rings is 2. The fourth-order valence-electron chi connectivity index (χ4n) is 2.58. The zero-order chi connectivity index (χ0) is 22.8. The molecule has 0 aliphatic rings. The molecule has 32 heavy (non-hydrogen) atoms. The van der Waals surface area contributed by atoms with Gasteiger partial charge in [0.25, 0.3) is 0 Å². The summed E-state index contributed by atoms with van der Waals surface area (Å²) in [5, 5.41) is 0. The fraction of sp³-hybridized carbons (Fsp3) is 0.111. The van der Waals surface area contributed by atoms with Crippen LogP contribution >= 0.6 is 0 Å². The normalized spacial score (nSPS) is 12.5. The lowest BCUT2D eigenvalue weighted by Gasteiger charge is -2.05. The molecule has 0 radical (unpaired) electrons. The number of aliphatic imine (C=N–C) groups is 2. The van der Waals surface area contributed by atoms with E-state index < -0.39 is 0 Å². The molecule has 0 aliphatic carbocycles. The summed E-state index contributed by atoms with van der Waals surface area (Å²) in [5.41, 5.74) is 5.39. The van der Waals surface area contributed by atoms with Gasteiger partial charge in [0.15, 0.2) is 0 Å². The minimum absolute atomic E-state index is 0.713. The van der Waals surface area contributed by atoms with Crippen LogP contribution in [0, 0.1) is 13.8 Å². The van der Waals surface area contributed by atoms with Gasteiger partial charge < -0.3 is 4.74 Å². The number of allylic oxidation sites excluding steroid dienone is 4. The van der Waals surface area contributed by atoms with E-state index in [0.29, 0.717) is 5.70 Å². The molecule has 0 saturated heterocycles. The number of nitrogens with zero attached hydrogens (tertiary/aromatic N) is 4. The molecule has 5 heteroatoms. The molecule has 0 unspecified atom stereocenters. The van der Waals surface area contributed by atoms with Gasteiger partial charge in [0.05, 0.1) is 35.2 Å². The maximum absolute atomic E-state index is 5.87. The lowest BCUT2D eigenvalue weighted by Crippen LogP contribution is -1.90. The summed E-state index contributed by atoms with van der Waals surface area (Å²) in [7, 11) is 0. The van der Waals surface area contributed by atoms with Crippen LogP contribution in [0.3, 0.4) is 0 Å². The lowest BCUT2D eigenvalue weighted by atomic mass is 10.3. The summed E-state index contributed by atoms with van der Waals surface area (Å²) in [6, 6.07) is 15.4. The number of hydrogen-bond acceptors (Lipinski definition) is 5. The Hall–Kier alpha value is -4.12. The summed E-state index contributed by atoms with van der Waals surface area (Å²) < 4.78 is 5.87.